The fourth-order valence-electron chi connectivity index (χ4n) is 3.47. The molecule has 1 heterocycles. The molecule has 1 atom stereocenters. The third-order valence-electron chi connectivity index (χ3n) is 5.36. The number of ether oxygens (including phenoxy) is 1. The molecule has 5 amide bonds. The molecule has 0 aromatic heterocycles. The minimum atomic E-state index is -1.10. The van der Waals surface area contributed by atoms with Crippen molar-refractivity contribution in [2.75, 3.05) is 26.0 Å². The number of urea groups is 1. The Balaban J connectivity index is 1.61. The normalized spacial score (nSPS) is 17.7. The summed E-state index contributed by atoms with van der Waals surface area (Å²) in [5.74, 6) is -0.543. The Kier molecular flexibility index (Phi) is 6.77. The molecule has 168 valence electrons. The molecule has 2 aromatic rings. The fraction of sp³-hybridized carbons (Fsp3) is 0.304. The number of hydrogen-bond acceptors (Lipinski definition) is 5. The van der Waals surface area contributed by atoms with Gasteiger partial charge < -0.3 is 20.7 Å². The second kappa shape index (κ2) is 9.51. The number of methoxy groups -OCH3 is 1. The minimum Gasteiger partial charge on any atom is -0.497 e. The van der Waals surface area contributed by atoms with Crippen LogP contribution in [0.4, 0.5) is 10.5 Å². The van der Waals surface area contributed by atoms with Gasteiger partial charge in [-0.1, -0.05) is 18.2 Å². The number of carbonyl (C=O) groups excluding carboxylic acids is 4. The lowest BCUT2D eigenvalue weighted by Crippen LogP contribution is -2.45. The molecule has 1 fully saturated rings. The first-order valence-corrected chi connectivity index (χ1v) is 10.1. The van der Waals surface area contributed by atoms with E-state index in [1.54, 1.807) is 32.2 Å². The molecule has 1 saturated heterocycles. The maximum Gasteiger partial charge on any atom is 0.325 e. The van der Waals surface area contributed by atoms with Crippen molar-refractivity contribution >= 4 is 29.4 Å². The van der Waals surface area contributed by atoms with Crippen molar-refractivity contribution in [3.63, 3.8) is 0 Å². The lowest BCUT2D eigenvalue weighted by molar-refractivity contribution is -0.133. The maximum absolute atomic E-state index is 12.9. The van der Waals surface area contributed by atoms with E-state index in [2.05, 4.69) is 16.0 Å². The summed E-state index contributed by atoms with van der Waals surface area (Å²) in [7, 11) is 3.10. The SMILES string of the molecule is CNC(=O)c1cccc(NC(=O)CN2C(=O)N[C@](C)(CCc3ccc(OC)cc3)C2=O)c1. The first-order valence-electron chi connectivity index (χ1n) is 10.1. The molecule has 1 aliphatic heterocycles. The molecule has 0 saturated carbocycles. The zero-order valence-corrected chi connectivity index (χ0v) is 18.2. The van der Waals surface area contributed by atoms with E-state index in [1.165, 1.54) is 13.1 Å². The summed E-state index contributed by atoms with van der Waals surface area (Å²) in [5.41, 5.74) is 0.675. The lowest BCUT2D eigenvalue weighted by atomic mass is 9.93. The predicted octanol–water partition coefficient (Wildman–Crippen LogP) is 1.94. The lowest BCUT2D eigenvalue weighted by Gasteiger charge is -2.21. The minimum absolute atomic E-state index is 0.289. The van der Waals surface area contributed by atoms with Gasteiger partial charge in [-0.2, -0.15) is 0 Å². The largest absolute Gasteiger partial charge is 0.497 e. The number of benzene rings is 2. The van der Waals surface area contributed by atoms with Crippen molar-refractivity contribution in [1.82, 2.24) is 15.5 Å². The molecule has 0 radical (unpaired) electrons. The second-order valence-electron chi connectivity index (χ2n) is 7.71. The number of anilines is 1. The van der Waals surface area contributed by atoms with Gasteiger partial charge in [0, 0.05) is 18.3 Å². The highest BCUT2D eigenvalue weighted by Gasteiger charge is 2.47. The van der Waals surface area contributed by atoms with Crippen molar-refractivity contribution in [2.45, 2.75) is 25.3 Å². The van der Waals surface area contributed by atoms with Crippen LogP contribution in [-0.4, -0.2) is 54.9 Å². The molecule has 2 aromatic carbocycles. The van der Waals surface area contributed by atoms with E-state index in [4.69, 9.17) is 4.74 Å². The van der Waals surface area contributed by atoms with Crippen LogP contribution in [0.3, 0.4) is 0 Å². The van der Waals surface area contributed by atoms with Crippen LogP contribution in [0.1, 0.15) is 29.3 Å². The fourth-order valence-corrected chi connectivity index (χ4v) is 3.47. The van der Waals surface area contributed by atoms with Crippen molar-refractivity contribution in [3.05, 3.63) is 59.7 Å². The molecule has 32 heavy (non-hydrogen) atoms. The van der Waals surface area contributed by atoms with Crippen LogP contribution in [-0.2, 0) is 16.0 Å². The summed E-state index contributed by atoms with van der Waals surface area (Å²) in [6.07, 6.45) is 0.953. The van der Waals surface area contributed by atoms with Gasteiger partial charge in [0.1, 0.15) is 17.8 Å². The van der Waals surface area contributed by atoms with Gasteiger partial charge in [0.05, 0.1) is 7.11 Å². The molecule has 0 spiro atoms. The van der Waals surface area contributed by atoms with Gasteiger partial charge in [-0.05, 0) is 55.7 Å². The first-order chi connectivity index (χ1) is 15.3. The summed E-state index contributed by atoms with van der Waals surface area (Å²) in [6, 6.07) is 13.2. The molecule has 9 nitrogen and oxygen atoms in total. The van der Waals surface area contributed by atoms with Gasteiger partial charge in [0.2, 0.25) is 5.91 Å². The average molecular weight is 438 g/mol. The van der Waals surface area contributed by atoms with Crippen LogP contribution in [0.25, 0.3) is 0 Å². The summed E-state index contributed by atoms with van der Waals surface area (Å²) >= 11 is 0. The van der Waals surface area contributed by atoms with Gasteiger partial charge in [-0.3, -0.25) is 19.3 Å². The number of hydrogen-bond donors (Lipinski definition) is 3. The van der Waals surface area contributed by atoms with Crippen LogP contribution in [0.5, 0.6) is 5.75 Å². The molecule has 1 aliphatic rings. The van der Waals surface area contributed by atoms with Gasteiger partial charge in [0.25, 0.3) is 11.8 Å². The van der Waals surface area contributed by atoms with Crippen LogP contribution in [0.15, 0.2) is 48.5 Å². The number of rotatable bonds is 8. The molecule has 0 bridgehead atoms. The topological polar surface area (TPSA) is 117 Å². The standard InChI is InChI=1S/C23H26N4O5/c1-23(12-11-15-7-9-18(32-3)10-8-15)21(30)27(22(31)26-23)14-19(28)25-17-6-4-5-16(13-17)20(29)24-2/h4-10,13H,11-12,14H2,1-3H3,(H,24,29)(H,25,28)(H,26,31)/t23-/m1/s1. The number of amides is 5. The predicted molar refractivity (Wildman–Crippen MR) is 118 cm³/mol. The Morgan fingerprint density at radius 2 is 1.84 bits per heavy atom. The molecule has 9 heteroatoms. The van der Waals surface area contributed by atoms with Crippen LogP contribution >= 0.6 is 0 Å². The quantitative estimate of drug-likeness (QED) is 0.545. The number of aryl methyl sites for hydroxylation is 1. The highest BCUT2D eigenvalue weighted by molar-refractivity contribution is 6.10. The number of imide groups is 1. The van der Waals surface area contributed by atoms with Crippen molar-refractivity contribution < 1.29 is 23.9 Å². The van der Waals surface area contributed by atoms with Crippen molar-refractivity contribution in [3.8, 4) is 5.75 Å². The summed E-state index contributed by atoms with van der Waals surface area (Å²) < 4.78 is 5.14. The third-order valence-corrected chi connectivity index (χ3v) is 5.36. The zero-order chi connectivity index (χ0) is 23.3. The first kappa shape index (κ1) is 22.8. The van der Waals surface area contributed by atoms with E-state index < -0.39 is 29.9 Å². The monoisotopic (exact) mass is 438 g/mol. The highest BCUT2D eigenvalue weighted by atomic mass is 16.5. The van der Waals surface area contributed by atoms with E-state index in [9.17, 15) is 19.2 Å². The number of nitrogens with one attached hydrogen (secondary N) is 3. The molecular formula is C23H26N4O5. The zero-order valence-electron chi connectivity index (χ0n) is 18.2. The van der Waals surface area contributed by atoms with Crippen LogP contribution in [0.2, 0.25) is 0 Å². The van der Waals surface area contributed by atoms with Crippen molar-refractivity contribution in [2.24, 2.45) is 0 Å². The number of nitrogens with zero attached hydrogens (tertiary/aromatic N) is 1. The Labute approximate surface area is 186 Å². The van der Waals surface area contributed by atoms with Gasteiger partial charge in [0.15, 0.2) is 0 Å². The van der Waals surface area contributed by atoms with Gasteiger partial charge in [-0.25, -0.2) is 4.79 Å². The Morgan fingerprint density at radius 3 is 2.50 bits per heavy atom. The number of carbonyl (C=O) groups is 4. The Bertz CT molecular complexity index is 1040. The van der Waals surface area contributed by atoms with Gasteiger partial charge in [-0.15, -0.1) is 0 Å². The van der Waals surface area contributed by atoms with Crippen LogP contribution < -0.4 is 20.7 Å². The molecular weight excluding hydrogens is 412 g/mol. The molecule has 0 unspecified atom stereocenters. The average Bonchev–Trinajstić information content (AvgIpc) is 3.00. The Hall–Kier alpha value is -3.88. The summed E-state index contributed by atoms with van der Waals surface area (Å²) in [5, 5.41) is 7.83. The van der Waals surface area contributed by atoms with E-state index in [0.29, 0.717) is 24.1 Å². The van der Waals surface area contributed by atoms with E-state index in [-0.39, 0.29) is 5.91 Å². The third kappa shape index (κ3) is 5.05. The molecule has 3 N–H and O–H groups in total. The summed E-state index contributed by atoms with van der Waals surface area (Å²) in [4.78, 5) is 50.4. The molecule has 3 rings (SSSR count). The molecule has 0 aliphatic carbocycles. The highest BCUT2D eigenvalue weighted by Crippen LogP contribution is 2.24. The van der Waals surface area contributed by atoms with Crippen LogP contribution in [0, 0.1) is 0 Å². The summed E-state index contributed by atoms with van der Waals surface area (Å²) in [6.45, 7) is 1.23. The maximum atomic E-state index is 12.9. The van der Waals surface area contributed by atoms with E-state index >= 15 is 0 Å². The Morgan fingerprint density at radius 1 is 1.12 bits per heavy atom. The van der Waals surface area contributed by atoms with Crippen molar-refractivity contribution in [1.29, 1.82) is 0 Å². The van der Waals surface area contributed by atoms with E-state index in [1.807, 2.05) is 24.3 Å². The smallest absolute Gasteiger partial charge is 0.325 e. The van der Waals surface area contributed by atoms with Gasteiger partial charge >= 0.3 is 6.03 Å². The van der Waals surface area contributed by atoms with E-state index in [0.717, 1.165) is 16.2 Å². The second-order valence-corrected chi connectivity index (χ2v) is 7.71.